The predicted octanol–water partition coefficient (Wildman–Crippen LogP) is 2.98. The standard InChI is InChI=1S/C22H26N2O6S/c1-14(23-17(21(26)29-2)9-8-15-6-4-3-5-7-15)19(25)24-12-10-18-16(11-13-31-18)20(24)30-22(27)28/h3-7,11,13-14,17,20,23H,8-10,12H2,1-2H3,(H,27,28)/t14-,17?,20?/m0/s1. The van der Waals surface area contributed by atoms with Crippen LogP contribution < -0.4 is 5.32 Å². The third-order valence-electron chi connectivity index (χ3n) is 5.28. The van der Waals surface area contributed by atoms with Crippen LogP contribution in [0.4, 0.5) is 4.79 Å². The number of carbonyl (C=O) groups excluding carboxylic acids is 2. The molecule has 0 fully saturated rings. The highest BCUT2D eigenvalue weighted by molar-refractivity contribution is 7.10. The summed E-state index contributed by atoms with van der Waals surface area (Å²) in [5.74, 6) is -0.788. The lowest BCUT2D eigenvalue weighted by atomic mass is 10.0. The van der Waals surface area contributed by atoms with Gasteiger partial charge in [-0.1, -0.05) is 30.3 Å². The topological polar surface area (TPSA) is 105 Å². The average molecular weight is 447 g/mol. The quantitative estimate of drug-likeness (QED) is 0.601. The molecule has 0 saturated heterocycles. The lowest BCUT2D eigenvalue weighted by Crippen LogP contribution is -2.53. The summed E-state index contributed by atoms with van der Waals surface area (Å²) in [5, 5.41) is 14.1. The van der Waals surface area contributed by atoms with Crippen LogP contribution in [0.3, 0.4) is 0 Å². The van der Waals surface area contributed by atoms with Crippen molar-refractivity contribution >= 4 is 29.4 Å². The molecule has 0 spiro atoms. The van der Waals surface area contributed by atoms with E-state index in [9.17, 15) is 14.4 Å². The van der Waals surface area contributed by atoms with E-state index in [4.69, 9.17) is 14.6 Å². The number of benzene rings is 1. The van der Waals surface area contributed by atoms with E-state index < -0.39 is 30.4 Å². The number of aryl methyl sites for hydroxylation is 1. The number of amides is 1. The second-order valence-corrected chi connectivity index (χ2v) is 8.31. The monoisotopic (exact) mass is 446 g/mol. The average Bonchev–Trinajstić information content (AvgIpc) is 3.25. The van der Waals surface area contributed by atoms with Crippen LogP contribution in [0.2, 0.25) is 0 Å². The number of hydrogen-bond acceptors (Lipinski definition) is 7. The number of esters is 1. The molecule has 0 aliphatic carbocycles. The van der Waals surface area contributed by atoms with Gasteiger partial charge in [0.05, 0.1) is 13.2 Å². The number of fused-ring (bicyclic) bond motifs is 1. The van der Waals surface area contributed by atoms with E-state index in [-0.39, 0.29) is 5.91 Å². The summed E-state index contributed by atoms with van der Waals surface area (Å²) in [4.78, 5) is 39.1. The summed E-state index contributed by atoms with van der Waals surface area (Å²) >= 11 is 1.51. The number of thiophene rings is 1. The Bertz CT molecular complexity index is 916. The third-order valence-corrected chi connectivity index (χ3v) is 6.27. The van der Waals surface area contributed by atoms with Crippen LogP contribution in [0.15, 0.2) is 41.8 Å². The predicted molar refractivity (Wildman–Crippen MR) is 115 cm³/mol. The Hall–Kier alpha value is -2.91. The molecule has 1 aliphatic heterocycles. The second-order valence-electron chi connectivity index (χ2n) is 7.31. The van der Waals surface area contributed by atoms with Crippen LogP contribution in [-0.2, 0) is 31.9 Å². The minimum atomic E-state index is -1.45. The maximum atomic E-state index is 13.2. The van der Waals surface area contributed by atoms with Gasteiger partial charge in [0.15, 0.2) is 0 Å². The molecule has 0 saturated carbocycles. The van der Waals surface area contributed by atoms with Crippen molar-refractivity contribution in [2.24, 2.45) is 0 Å². The molecule has 0 radical (unpaired) electrons. The fourth-order valence-corrected chi connectivity index (χ4v) is 4.61. The summed E-state index contributed by atoms with van der Waals surface area (Å²) in [7, 11) is 1.31. The molecule has 2 heterocycles. The van der Waals surface area contributed by atoms with Crippen LogP contribution in [0, 0.1) is 0 Å². The molecule has 3 atom stereocenters. The summed E-state index contributed by atoms with van der Waals surface area (Å²) in [6.07, 6.45) is -0.721. The molecular formula is C22H26N2O6S. The molecule has 1 aliphatic rings. The van der Waals surface area contributed by atoms with Gasteiger partial charge in [0.25, 0.3) is 0 Å². The molecule has 9 heteroatoms. The maximum Gasteiger partial charge on any atom is 0.507 e. The number of carboxylic acid groups (broad SMARTS) is 1. The maximum absolute atomic E-state index is 13.2. The first kappa shape index (κ1) is 22.8. The van der Waals surface area contributed by atoms with E-state index in [1.165, 1.54) is 23.3 Å². The minimum Gasteiger partial charge on any atom is -0.468 e. The zero-order valence-electron chi connectivity index (χ0n) is 17.4. The van der Waals surface area contributed by atoms with E-state index in [2.05, 4.69) is 5.32 Å². The summed E-state index contributed by atoms with van der Waals surface area (Å²) < 4.78 is 9.96. The van der Waals surface area contributed by atoms with E-state index in [1.807, 2.05) is 35.7 Å². The van der Waals surface area contributed by atoms with Crippen LogP contribution in [0.5, 0.6) is 0 Å². The Morgan fingerprint density at radius 1 is 1.26 bits per heavy atom. The van der Waals surface area contributed by atoms with Crippen molar-refractivity contribution in [2.45, 2.75) is 44.5 Å². The number of methoxy groups -OCH3 is 1. The molecule has 2 unspecified atom stereocenters. The van der Waals surface area contributed by atoms with E-state index in [0.29, 0.717) is 31.4 Å². The smallest absolute Gasteiger partial charge is 0.468 e. The molecule has 31 heavy (non-hydrogen) atoms. The Morgan fingerprint density at radius 3 is 2.68 bits per heavy atom. The Kier molecular flexibility index (Phi) is 7.64. The van der Waals surface area contributed by atoms with Gasteiger partial charge >= 0.3 is 12.1 Å². The number of ether oxygens (including phenoxy) is 2. The second kappa shape index (κ2) is 10.4. The van der Waals surface area contributed by atoms with Crippen molar-refractivity contribution in [3.05, 3.63) is 57.8 Å². The van der Waals surface area contributed by atoms with Gasteiger partial charge in [-0.25, -0.2) is 4.79 Å². The highest BCUT2D eigenvalue weighted by atomic mass is 32.1. The number of nitrogens with zero attached hydrogens (tertiary/aromatic N) is 1. The molecule has 2 N–H and O–H groups in total. The first-order valence-electron chi connectivity index (χ1n) is 10.0. The van der Waals surface area contributed by atoms with Crippen LogP contribution in [0.1, 0.15) is 35.6 Å². The molecule has 3 rings (SSSR count). The van der Waals surface area contributed by atoms with Crippen molar-refractivity contribution in [3.8, 4) is 0 Å². The zero-order chi connectivity index (χ0) is 22.4. The first-order valence-corrected chi connectivity index (χ1v) is 10.9. The molecule has 1 aromatic carbocycles. The summed E-state index contributed by atoms with van der Waals surface area (Å²) in [6, 6.07) is 10.1. The molecule has 0 bridgehead atoms. The minimum absolute atomic E-state index is 0.336. The lowest BCUT2D eigenvalue weighted by Gasteiger charge is -2.36. The number of nitrogens with one attached hydrogen (secondary N) is 1. The van der Waals surface area contributed by atoms with Gasteiger partial charge in [0, 0.05) is 23.4 Å². The van der Waals surface area contributed by atoms with Crippen LogP contribution in [0.25, 0.3) is 0 Å². The first-order chi connectivity index (χ1) is 14.9. The van der Waals surface area contributed by atoms with Crippen molar-refractivity contribution in [1.29, 1.82) is 0 Å². The number of hydrogen-bond donors (Lipinski definition) is 2. The fraction of sp³-hybridized carbons (Fsp3) is 0.409. The molecule has 2 aromatic rings. The van der Waals surface area contributed by atoms with Crippen molar-refractivity contribution in [2.75, 3.05) is 13.7 Å². The van der Waals surface area contributed by atoms with Gasteiger partial charge < -0.3 is 19.5 Å². The Labute approximate surface area is 184 Å². The van der Waals surface area contributed by atoms with Gasteiger partial charge in [0.2, 0.25) is 12.1 Å². The van der Waals surface area contributed by atoms with E-state index in [0.717, 1.165) is 10.4 Å². The highest BCUT2D eigenvalue weighted by Gasteiger charge is 2.37. The number of carbonyl (C=O) groups is 3. The van der Waals surface area contributed by atoms with Crippen LogP contribution in [-0.4, -0.2) is 53.8 Å². The van der Waals surface area contributed by atoms with Crippen molar-refractivity contribution < 1.29 is 29.0 Å². The lowest BCUT2D eigenvalue weighted by molar-refractivity contribution is -0.148. The SMILES string of the molecule is COC(=O)C(CCc1ccccc1)N[C@@H](C)C(=O)N1CCc2sccc2C1OC(=O)O. The normalized spacial score (nSPS) is 17.4. The molecular weight excluding hydrogens is 420 g/mol. The van der Waals surface area contributed by atoms with Crippen LogP contribution >= 0.6 is 11.3 Å². The van der Waals surface area contributed by atoms with E-state index >= 15 is 0 Å². The van der Waals surface area contributed by atoms with Gasteiger partial charge in [-0.3, -0.25) is 14.9 Å². The molecule has 1 amide bonds. The Balaban J connectivity index is 1.70. The van der Waals surface area contributed by atoms with E-state index in [1.54, 1.807) is 13.0 Å². The molecule has 166 valence electrons. The highest BCUT2D eigenvalue weighted by Crippen LogP contribution is 2.34. The Morgan fingerprint density at radius 2 is 2.00 bits per heavy atom. The fourth-order valence-electron chi connectivity index (χ4n) is 3.72. The van der Waals surface area contributed by atoms with Gasteiger partial charge in [-0.05, 0) is 36.8 Å². The van der Waals surface area contributed by atoms with Gasteiger partial charge in [-0.15, -0.1) is 11.3 Å². The summed E-state index contributed by atoms with van der Waals surface area (Å²) in [6.45, 7) is 1.99. The van der Waals surface area contributed by atoms with Gasteiger partial charge in [-0.2, -0.15) is 0 Å². The van der Waals surface area contributed by atoms with Crippen molar-refractivity contribution in [3.63, 3.8) is 0 Å². The van der Waals surface area contributed by atoms with Gasteiger partial charge in [0.1, 0.15) is 6.04 Å². The molecule has 8 nitrogen and oxygen atoms in total. The third kappa shape index (κ3) is 5.62. The largest absolute Gasteiger partial charge is 0.507 e. The zero-order valence-corrected chi connectivity index (χ0v) is 18.3. The number of rotatable bonds is 8. The van der Waals surface area contributed by atoms with Crippen molar-refractivity contribution in [1.82, 2.24) is 10.2 Å². The summed E-state index contributed by atoms with van der Waals surface area (Å²) in [5.41, 5.74) is 1.76. The molecule has 1 aromatic heterocycles.